The fraction of sp³-hybridized carbons (Fsp3) is 0.107. The zero-order chi connectivity index (χ0) is 26.1. The van der Waals surface area contributed by atoms with Gasteiger partial charge in [-0.15, -0.1) is 0 Å². The largest absolute Gasteiger partial charge is 0.479 e. The summed E-state index contributed by atoms with van der Waals surface area (Å²) in [5, 5.41) is 4.00. The van der Waals surface area contributed by atoms with Crippen molar-refractivity contribution in [3.63, 3.8) is 0 Å². The van der Waals surface area contributed by atoms with Crippen LogP contribution in [-0.4, -0.2) is 18.8 Å². The van der Waals surface area contributed by atoms with E-state index in [9.17, 15) is 0 Å². The second kappa shape index (κ2) is 13.9. The monoisotopic (exact) mass is 667 g/mol. The number of rotatable bonds is 4. The van der Waals surface area contributed by atoms with Crippen molar-refractivity contribution in [2.75, 3.05) is 18.6 Å². The lowest BCUT2D eigenvalue weighted by Gasteiger charge is -2.20. The van der Waals surface area contributed by atoms with Gasteiger partial charge >= 0.3 is 0 Å². The van der Waals surface area contributed by atoms with Crippen LogP contribution < -0.4 is 14.4 Å². The number of halogens is 4. The van der Waals surface area contributed by atoms with Crippen molar-refractivity contribution in [3.05, 3.63) is 99.5 Å². The summed E-state index contributed by atoms with van der Waals surface area (Å²) >= 11 is 24.7. The van der Waals surface area contributed by atoms with Crippen LogP contribution in [0.4, 0.5) is 5.69 Å². The first-order valence-electron chi connectivity index (χ1n) is 10.7. The number of benzene rings is 4. The Balaban J connectivity index is 0.000000223. The molecular formula is C28H21Cl3INO2S. The van der Waals surface area contributed by atoms with Crippen molar-refractivity contribution in [2.24, 2.45) is 0 Å². The summed E-state index contributed by atoms with van der Waals surface area (Å²) in [6.07, 6.45) is 0. The highest BCUT2D eigenvalue weighted by Gasteiger charge is 2.10. The van der Waals surface area contributed by atoms with E-state index < -0.39 is 0 Å². The first kappa shape index (κ1) is 28.4. The highest BCUT2D eigenvalue weighted by molar-refractivity contribution is 14.1. The first-order valence-corrected chi connectivity index (χ1v) is 13.3. The molecule has 0 saturated carbocycles. The molecular weight excluding hydrogens is 648 g/mol. The maximum Gasteiger partial charge on any atom is 0.269 e. The Morgan fingerprint density at radius 2 is 1.61 bits per heavy atom. The van der Waals surface area contributed by atoms with E-state index in [0.717, 1.165) is 16.8 Å². The molecule has 0 fully saturated rings. The molecule has 3 nitrogen and oxygen atoms in total. The molecule has 0 aliphatic carbocycles. The molecule has 0 spiro atoms. The predicted molar refractivity (Wildman–Crippen MR) is 166 cm³/mol. The van der Waals surface area contributed by atoms with Crippen molar-refractivity contribution >= 4 is 91.2 Å². The van der Waals surface area contributed by atoms with Crippen LogP contribution in [0.3, 0.4) is 0 Å². The highest BCUT2D eigenvalue weighted by Crippen LogP contribution is 2.33. The van der Waals surface area contributed by atoms with Gasteiger partial charge in [-0.2, -0.15) is 0 Å². The number of anilines is 1. The third-order valence-corrected chi connectivity index (χ3v) is 6.69. The Kier molecular flexibility index (Phi) is 11.0. The summed E-state index contributed by atoms with van der Waals surface area (Å²) < 4.78 is 13.8. The molecule has 0 radical (unpaired) electrons. The van der Waals surface area contributed by atoms with Crippen molar-refractivity contribution < 1.29 is 9.47 Å². The Labute approximate surface area is 245 Å². The smallest absolute Gasteiger partial charge is 0.269 e. The molecule has 0 bridgehead atoms. The Morgan fingerprint density at radius 1 is 0.889 bits per heavy atom. The second-order valence-corrected chi connectivity index (χ2v) is 9.64. The zero-order valence-corrected chi connectivity index (χ0v) is 24.6. The minimum atomic E-state index is 0.278. The quantitative estimate of drug-likeness (QED) is 0.0935. The summed E-state index contributed by atoms with van der Waals surface area (Å²) in [4.78, 5) is 1.87. The van der Waals surface area contributed by atoms with Crippen LogP contribution in [0, 0.1) is 16.8 Å². The van der Waals surface area contributed by atoms with Gasteiger partial charge < -0.3 is 14.4 Å². The molecule has 0 aliphatic heterocycles. The SMILES string of the molecule is Cc1cccc(N(C)C(=S)Oc2ccc3ccccc3c2)c1.Clc1cc(Cl)c(OCC#CI)cc1Cl. The van der Waals surface area contributed by atoms with E-state index in [-0.39, 0.29) is 6.61 Å². The fourth-order valence-corrected chi connectivity index (χ4v) is 4.05. The Morgan fingerprint density at radius 3 is 2.33 bits per heavy atom. The molecule has 184 valence electrons. The number of fused-ring (bicyclic) bond motifs is 1. The molecule has 0 amide bonds. The third kappa shape index (κ3) is 8.16. The molecule has 0 unspecified atom stereocenters. The summed E-state index contributed by atoms with van der Waals surface area (Å²) in [5.74, 6) is 3.98. The highest BCUT2D eigenvalue weighted by atomic mass is 127. The average molecular weight is 669 g/mol. The van der Waals surface area contributed by atoms with Gasteiger partial charge in [-0.1, -0.05) is 83.2 Å². The Bertz CT molecular complexity index is 1440. The van der Waals surface area contributed by atoms with Crippen molar-refractivity contribution in [3.8, 4) is 21.3 Å². The molecule has 0 saturated heterocycles. The van der Waals surface area contributed by atoms with Crippen LogP contribution in [0.5, 0.6) is 11.5 Å². The number of hydrogen-bond acceptors (Lipinski definition) is 3. The van der Waals surface area contributed by atoms with E-state index in [4.69, 9.17) is 56.5 Å². The number of aryl methyl sites for hydroxylation is 1. The average Bonchev–Trinajstić information content (AvgIpc) is 2.87. The minimum absolute atomic E-state index is 0.278. The van der Waals surface area contributed by atoms with Gasteiger partial charge in [0.2, 0.25) is 0 Å². The van der Waals surface area contributed by atoms with Gasteiger partial charge in [-0.05, 0) is 69.7 Å². The summed E-state index contributed by atoms with van der Waals surface area (Å²) in [5.41, 5.74) is 2.21. The molecule has 4 aromatic carbocycles. The summed E-state index contributed by atoms with van der Waals surface area (Å²) in [7, 11) is 1.91. The minimum Gasteiger partial charge on any atom is -0.479 e. The van der Waals surface area contributed by atoms with Gasteiger partial charge in [0.15, 0.2) is 0 Å². The van der Waals surface area contributed by atoms with Gasteiger partial charge in [0, 0.05) is 41.4 Å². The van der Waals surface area contributed by atoms with E-state index >= 15 is 0 Å². The van der Waals surface area contributed by atoms with Crippen LogP contribution in [0.2, 0.25) is 15.1 Å². The van der Waals surface area contributed by atoms with Crippen LogP contribution in [-0.2, 0) is 0 Å². The standard InChI is InChI=1S/C19H17NOS.C9H4Cl3IO/c1-14-6-5-9-17(12-14)20(2)19(22)21-18-11-10-15-7-3-4-8-16(15)13-18;10-6-4-8(12)9(5-7(6)11)14-3-1-2-13/h3-13H,1-2H3;4-5H,3H2. The van der Waals surface area contributed by atoms with Crippen LogP contribution >= 0.6 is 69.6 Å². The number of hydrogen-bond donors (Lipinski definition) is 0. The number of ether oxygens (including phenoxy) is 2. The van der Waals surface area contributed by atoms with Gasteiger partial charge in [0.05, 0.1) is 15.1 Å². The maximum atomic E-state index is 5.86. The van der Waals surface area contributed by atoms with E-state index in [1.165, 1.54) is 17.0 Å². The molecule has 0 heterocycles. The van der Waals surface area contributed by atoms with E-state index in [0.29, 0.717) is 26.0 Å². The molecule has 0 N–H and O–H groups in total. The summed E-state index contributed by atoms with van der Waals surface area (Å²) in [6, 6.07) is 25.5. The van der Waals surface area contributed by atoms with Gasteiger partial charge in [-0.3, -0.25) is 0 Å². The van der Waals surface area contributed by atoms with Crippen molar-refractivity contribution in [1.29, 1.82) is 0 Å². The van der Waals surface area contributed by atoms with Crippen LogP contribution in [0.15, 0.2) is 78.9 Å². The normalized spacial score (nSPS) is 9.94. The lowest BCUT2D eigenvalue weighted by atomic mass is 10.1. The van der Waals surface area contributed by atoms with E-state index in [2.05, 4.69) is 41.0 Å². The first-order chi connectivity index (χ1) is 17.3. The lowest BCUT2D eigenvalue weighted by Crippen LogP contribution is -2.29. The van der Waals surface area contributed by atoms with Crippen molar-refractivity contribution in [1.82, 2.24) is 0 Å². The van der Waals surface area contributed by atoms with E-state index in [1.54, 1.807) is 6.07 Å². The van der Waals surface area contributed by atoms with Crippen LogP contribution in [0.25, 0.3) is 10.8 Å². The molecule has 0 aliphatic rings. The molecule has 4 aromatic rings. The molecule has 8 heteroatoms. The predicted octanol–water partition coefficient (Wildman–Crippen LogP) is 9.37. The maximum absolute atomic E-state index is 5.86. The number of thiocarbonyl (C=S) groups is 1. The van der Waals surface area contributed by atoms with Gasteiger partial charge in [-0.25, -0.2) is 0 Å². The molecule has 0 atom stereocenters. The zero-order valence-electron chi connectivity index (χ0n) is 19.4. The van der Waals surface area contributed by atoms with Crippen LogP contribution in [0.1, 0.15) is 5.56 Å². The topological polar surface area (TPSA) is 21.7 Å². The number of nitrogens with zero attached hydrogens (tertiary/aromatic N) is 1. The molecule has 36 heavy (non-hydrogen) atoms. The fourth-order valence-electron chi connectivity index (χ4n) is 3.10. The van der Waals surface area contributed by atoms with Gasteiger partial charge in [0.1, 0.15) is 18.1 Å². The lowest BCUT2D eigenvalue weighted by molar-refractivity contribution is 0.370. The Hall–Kier alpha value is -2.21. The van der Waals surface area contributed by atoms with E-state index in [1.807, 2.05) is 77.0 Å². The molecule has 4 rings (SSSR count). The second-order valence-electron chi connectivity index (χ2n) is 7.53. The molecule has 0 aromatic heterocycles. The van der Waals surface area contributed by atoms with Gasteiger partial charge in [0.25, 0.3) is 5.17 Å². The third-order valence-electron chi connectivity index (χ3n) is 4.93. The summed E-state index contributed by atoms with van der Waals surface area (Å²) in [6.45, 7) is 2.34. The van der Waals surface area contributed by atoms with Crippen molar-refractivity contribution in [2.45, 2.75) is 6.92 Å².